The predicted octanol–water partition coefficient (Wildman–Crippen LogP) is 4.39. The molecule has 0 saturated heterocycles. The van der Waals surface area contributed by atoms with E-state index < -0.39 is 0 Å². The highest BCUT2D eigenvalue weighted by Gasteiger charge is 2.33. The van der Waals surface area contributed by atoms with Crippen molar-refractivity contribution in [3.63, 3.8) is 0 Å². The van der Waals surface area contributed by atoms with Gasteiger partial charge in [0.05, 0.1) is 0 Å². The van der Waals surface area contributed by atoms with Crippen molar-refractivity contribution in [3.8, 4) is 0 Å². The Morgan fingerprint density at radius 1 is 1.25 bits per heavy atom. The molecule has 0 amide bonds. The molecule has 1 saturated carbocycles. The van der Waals surface area contributed by atoms with Gasteiger partial charge in [0.25, 0.3) is 0 Å². The van der Waals surface area contributed by atoms with E-state index in [9.17, 15) is 0 Å². The summed E-state index contributed by atoms with van der Waals surface area (Å²) in [4.78, 5) is 0. The van der Waals surface area contributed by atoms with Crippen molar-refractivity contribution in [3.05, 3.63) is 0 Å². The molecule has 0 aliphatic heterocycles. The fourth-order valence-corrected chi connectivity index (χ4v) is 2.78. The molecular weight excluding hydrogens is 144 g/mol. The highest BCUT2D eigenvalue weighted by molar-refractivity contribution is 4.84. The number of hydrogen-bond donors (Lipinski definition) is 0. The van der Waals surface area contributed by atoms with Crippen LogP contribution in [-0.2, 0) is 0 Å². The summed E-state index contributed by atoms with van der Waals surface area (Å²) in [7, 11) is 0. The summed E-state index contributed by atoms with van der Waals surface area (Å²) >= 11 is 0. The lowest BCUT2D eigenvalue weighted by Gasteiger charge is -2.41. The van der Waals surface area contributed by atoms with Crippen LogP contribution in [0.4, 0.5) is 0 Å². The first-order chi connectivity index (χ1) is 5.73. The average molecular weight is 168 g/mol. The summed E-state index contributed by atoms with van der Waals surface area (Å²) in [6.07, 6.45) is 10.2. The first-order valence-corrected chi connectivity index (χ1v) is 5.73. The SMILES string of the molecule is CCCC1CCCCC1(C)CC. The Bertz CT molecular complexity index is 126. The van der Waals surface area contributed by atoms with Crippen LogP contribution >= 0.6 is 0 Å². The van der Waals surface area contributed by atoms with Gasteiger partial charge in [0, 0.05) is 0 Å². The molecule has 0 bridgehead atoms. The molecule has 2 unspecified atom stereocenters. The van der Waals surface area contributed by atoms with E-state index in [1.807, 2.05) is 0 Å². The zero-order valence-corrected chi connectivity index (χ0v) is 9.03. The summed E-state index contributed by atoms with van der Waals surface area (Å²) in [6.45, 7) is 7.20. The van der Waals surface area contributed by atoms with Crippen LogP contribution in [0.15, 0.2) is 0 Å². The second kappa shape index (κ2) is 4.30. The third-order valence-electron chi connectivity index (χ3n) is 3.98. The maximum Gasteiger partial charge on any atom is -0.0300 e. The minimum Gasteiger partial charge on any atom is -0.0654 e. The van der Waals surface area contributed by atoms with Gasteiger partial charge < -0.3 is 0 Å². The van der Waals surface area contributed by atoms with Crippen LogP contribution in [-0.4, -0.2) is 0 Å². The van der Waals surface area contributed by atoms with Crippen LogP contribution in [0.25, 0.3) is 0 Å². The first kappa shape index (κ1) is 10.1. The van der Waals surface area contributed by atoms with Crippen molar-refractivity contribution in [2.24, 2.45) is 11.3 Å². The van der Waals surface area contributed by atoms with Crippen LogP contribution in [0.2, 0.25) is 0 Å². The first-order valence-electron chi connectivity index (χ1n) is 5.73. The minimum atomic E-state index is 0.689. The lowest BCUT2D eigenvalue weighted by molar-refractivity contribution is 0.102. The van der Waals surface area contributed by atoms with E-state index in [-0.39, 0.29) is 0 Å². The molecule has 0 heteroatoms. The van der Waals surface area contributed by atoms with E-state index in [1.54, 1.807) is 0 Å². The second-order valence-electron chi connectivity index (χ2n) is 4.74. The molecule has 0 heterocycles. The Kier molecular flexibility index (Phi) is 3.61. The largest absolute Gasteiger partial charge is 0.0654 e. The molecule has 0 spiro atoms. The van der Waals surface area contributed by atoms with E-state index in [4.69, 9.17) is 0 Å². The van der Waals surface area contributed by atoms with E-state index in [0.29, 0.717) is 5.41 Å². The van der Waals surface area contributed by atoms with Gasteiger partial charge in [0.1, 0.15) is 0 Å². The van der Waals surface area contributed by atoms with Gasteiger partial charge in [-0.25, -0.2) is 0 Å². The zero-order valence-electron chi connectivity index (χ0n) is 9.03. The summed E-state index contributed by atoms with van der Waals surface area (Å²) in [5, 5.41) is 0. The van der Waals surface area contributed by atoms with Gasteiger partial charge in [0.15, 0.2) is 0 Å². The highest BCUT2D eigenvalue weighted by atomic mass is 14.4. The summed E-state index contributed by atoms with van der Waals surface area (Å²) in [5.41, 5.74) is 0.689. The minimum absolute atomic E-state index is 0.689. The molecule has 0 aromatic heterocycles. The van der Waals surface area contributed by atoms with E-state index in [1.165, 1.54) is 44.9 Å². The second-order valence-corrected chi connectivity index (χ2v) is 4.74. The van der Waals surface area contributed by atoms with Crippen molar-refractivity contribution < 1.29 is 0 Å². The molecule has 1 aliphatic carbocycles. The third-order valence-corrected chi connectivity index (χ3v) is 3.98. The Hall–Kier alpha value is 0. The summed E-state index contributed by atoms with van der Waals surface area (Å²) in [5.74, 6) is 1.03. The fourth-order valence-electron chi connectivity index (χ4n) is 2.78. The van der Waals surface area contributed by atoms with E-state index >= 15 is 0 Å². The van der Waals surface area contributed by atoms with Crippen molar-refractivity contribution >= 4 is 0 Å². The van der Waals surface area contributed by atoms with Gasteiger partial charge in [-0.1, -0.05) is 52.9 Å². The maximum absolute atomic E-state index is 2.51. The lowest BCUT2D eigenvalue weighted by atomic mass is 9.64. The fraction of sp³-hybridized carbons (Fsp3) is 1.00. The topological polar surface area (TPSA) is 0 Å². The van der Waals surface area contributed by atoms with Gasteiger partial charge in [0.2, 0.25) is 0 Å². The van der Waals surface area contributed by atoms with Crippen LogP contribution in [0.5, 0.6) is 0 Å². The van der Waals surface area contributed by atoms with E-state index in [0.717, 1.165) is 5.92 Å². The van der Waals surface area contributed by atoms with Crippen molar-refractivity contribution in [2.45, 2.75) is 65.7 Å². The quantitative estimate of drug-likeness (QED) is 0.586. The maximum atomic E-state index is 2.51. The standard InChI is InChI=1S/C12H24/c1-4-8-11-9-6-7-10-12(11,3)5-2/h11H,4-10H2,1-3H3. The molecule has 1 aliphatic rings. The molecule has 0 aromatic rings. The van der Waals surface area contributed by atoms with Crippen molar-refractivity contribution in [2.75, 3.05) is 0 Å². The highest BCUT2D eigenvalue weighted by Crippen LogP contribution is 2.45. The van der Waals surface area contributed by atoms with Gasteiger partial charge in [-0.3, -0.25) is 0 Å². The predicted molar refractivity (Wildman–Crippen MR) is 55.3 cm³/mol. The van der Waals surface area contributed by atoms with Crippen LogP contribution in [0.3, 0.4) is 0 Å². The molecule has 12 heavy (non-hydrogen) atoms. The zero-order chi connectivity index (χ0) is 9.03. The van der Waals surface area contributed by atoms with Crippen LogP contribution in [0.1, 0.15) is 65.7 Å². The van der Waals surface area contributed by atoms with Crippen molar-refractivity contribution in [1.82, 2.24) is 0 Å². The molecule has 0 aromatic carbocycles. The Morgan fingerprint density at radius 2 is 2.00 bits per heavy atom. The van der Waals surface area contributed by atoms with E-state index in [2.05, 4.69) is 20.8 Å². The monoisotopic (exact) mass is 168 g/mol. The molecule has 1 rings (SSSR count). The van der Waals surface area contributed by atoms with Crippen molar-refractivity contribution in [1.29, 1.82) is 0 Å². The Morgan fingerprint density at radius 3 is 2.58 bits per heavy atom. The molecule has 0 N–H and O–H groups in total. The number of hydrogen-bond acceptors (Lipinski definition) is 0. The molecule has 72 valence electrons. The normalized spacial score (nSPS) is 36.8. The summed E-state index contributed by atoms with van der Waals surface area (Å²) < 4.78 is 0. The Labute approximate surface area is 77.7 Å². The molecular formula is C12H24. The molecule has 0 nitrogen and oxygen atoms in total. The van der Waals surface area contributed by atoms with Gasteiger partial charge in [-0.15, -0.1) is 0 Å². The van der Waals surface area contributed by atoms with Crippen LogP contribution < -0.4 is 0 Å². The average Bonchev–Trinajstić information content (AvgIpc) is 2.10. The lowest BCUT2D eigenvalue weighted by Crippen LogP contribution is -2.30. The summed E-state index contributed by atoms with van der Waals surface area (Å²) in [6, 6.07) is 0. The molecule has 0 radical (unpaired) electrons. The van der Waals surface area contributed by atoms with Gasteiger partial charge in [-0.2, -0.15) is 0 Å². The Balaban J connectivity index is 2.53. The van der Waals surface area contributed by atoms with Crippen LogP contribution in [0, 0.1) is 11.3 Å². The third kappa shape index (κ3) is 2.02. The smallest absolute Gasteiger partial charge is 0.0300 e. The molecule has 2 atom stereocenters. The number of rotatable bonds is 3. The van der Waals surface area contributed by atoms with Gasteiger partial charge in [-0.05, 0) is 24.2 Å². The molecule has 1 fully saturated rings. The van der Waals surface area contributed by atoms with Gasteiger partial charge >= 0.3 is 0 Å².